The fourth-order valence-electron chi connectivity index (χ4n) is 1.48. The van der Waals surface area contributed by atoms with Crippen LogP contribution in [0, 0.1) is 6.92 Å². The zero-order valence-corrected chi connectivity index (χ0v) is 8.32. The molecule has 0 aromatic carbocycles. The standard InChI is InChI=1S/C10H14N2O2/c1-7-4-3-5-12-9(7)10(2,11)6-8(13)14/h3-5H,6,11H2,1-2H3,(H,13,14)/t10-/m1/s1. The molecule has 0 radical (unpaired) electrons. The first-order chi connectivity index (χ1) is 6.43. The van der Waals surface area contributed by atoms with Gasteiger partial charge in [-0.05, 0) is 25.5 Å². The molecule has 1 rings (SSSR count). The Bertz CT molecular complexity index is 348. The van der Waals surface area contributed by atoms with Crippen molar-refractivity contribution in [3.05, 3.63) is 29.6 Å². The largest absolute Gasteiger partial charge is 0.481 e. The Morgan fingerprint density at radius 2 is 2.36 bits per heavy atom. The molecule has 4 nitrogen and oxygen atoms in total. The Morgan fingerprint density at radius 3 is 2.86 bits per heavy atom. The number of pyridine rings is 1. The molecule has 0 amide bonds. The van der Waals surface area contributed by atoms with Crippen molar-refractivity contribution in [3.8, 4) is 0 Å². The maximum atomic E-state index is 10.6. The third-order valence-corrected chi connectivity index (χ3v) is 2.07. The molecule has 0 aliphatic carbocycles. The van der Waals surface area contributed by atoms with E-state index in [9.17, 15) is 4.79 Å². The smallest absolute Gasteiger partial charge is 0.305 e. The summed E-state index contributed by atoms with van der Waals surface area (Å²) in [5.41, 5.74) is 6.55. The Kier molecular flexibility index (Phi) is 2.86. The van der Waals surface area contributed by atoms with E-state index in [0.717, 1.165) is 5.56 Å². The molecule has 0 bridgehead atoms. The molecular weight excluding hydrogens is 180 g/mol. The normalized spacial score (nSPS) is 14.8. The Balaban J connectivity index is 3.03. The van der Waals surface area contributed by atoms with E-state index >= 15 is 0 Å². The van der Waals surface area contributed by atoms with Gasteiger partial charge in [-0.1, -0.05) is 6.07 Å². The molecule has 1 heterocycles. The van der Waals surface area contributed by atoms with Gasteiger partial charge in [0.1, 0.15) is 0 Å². The van der Waals surface area contributed by atoms with Gasteiger partial charge in [-0.25, -0.2) is 0 Å². The van der Waals surface area contributed by atoms with Crippen LogP contribution in [0.2, 0.25) is 0 Å². The van der Waals surface area contributed by atoms with Gasteiger partial charge in [-0.15, -0.1) is 0 Å². The average Bonchev–Trinajstić information content (AvgIpc) is 2.02. The van der Waals surface area contributed by atoms with E-state index in [1.807, 2.05) is 13.0 Å². The molecule has 0 fully saturated rings. The van der Waals surface area contributed by atoms with E-state index in [4.69, 9.17) is 10.8 Å². The van der Waals surface area contributed by atoms with Crippen LogP contribution < -0.4 is 5.73 Å². The number of aliphatic carboxylic acids is 1. The lowest BCUT2D eigenvalue weighted by atomic mass is 9.91. The number of aromatic nitrogens is 1. The number of rotatable bonds is 3. The van der Waals surface area contributed by atoms with Crippen LogP contribution in [-0.4, -0.2) is 16.1 Å². The zero-order chi connectivity index (χ0) is 10.8. The number of carbonyl (C=O) groups is 1. The highest BCUT2D eigenvalue weighted by Crippen LogP contribution is 2.22. The number of hydrogen-bond acceptors (Lipinski definition) is 3. The molecule has 0 aliphatic heterocycles. The van der Waals surface area contributed by atoms with Crippen LogP contribution >= 0.6 is 0 Å². The van der Waals surface area contributed by atoms with E-state index in [1.54, 1.807) is 19.2 Å². The fraction of sp³-hybridized carbons (Fsp3) is 0.400. The predicted octanol–water partition coefficient (Wildman–Crippen LogP) is 1.04. The number of nitrogens with two attached hydrogens (primary N) is 1. The van der Waals surface area contributed by atoms with E-state index in [1.165, 1.54) is 0 Å². The molecule has 1 aromatic rings. The molecule has 0 aliphatic rings. The Labute approximate surface area is 82.8 Å². The summed E-state index contributed by atoms with van der Waals surface area (Å²) in [7, 11) is 0. The summed E-state index contributed by atoms with van der Waals surface area (Å²) < 4.78 is 0. The molecule has 0 unspecified atom stereocenters. The third kappa shape index (κ3) is 2.29. The first-order valence-corrected chi connectivity index (χ1v) is 4.36. The van der Waals surface area contributed by atoms with Crippen molar-refractivity contribution in [3.63, 3.8) is 0 Å². The summed E-state index contributed by atoms with van der Waals surface area (Å²) in [6, 6.07) is 3.67. The molecule has 4 heteroatoms. The number of aryl methyl sites for hydroxylation is 1. The molecule has 0 saturated carbocycles. The second kappa shape index (κ2) is 3.75. The molecule has 14 heavy (non-hydrogen) atoms. The van der Waals surface area contributed by atoms with E-state index < -0.39 is 11.5 Å². The van der Waals surface area contributed by atoms with Gasteiger partial charge < -0.3 is 10.8 Å². The second-order valence-corrected chi connectivity index (χ2v) is 3.66. The van der Waals surface area contributed by atoms with Crippen LogP contribution in [0.4, 0.5) is 0 Å². The van der Waals surface area contributed by atoms with Crippen molar-refractivity contribution >= 4 is 5.97 Å². The lowest BCUT2D eigenvalue weighted by molar-refractivity contribution is -0.138. The van der Waals surface area contributed by atoms with E-state index in [0.29, 0.717) is 5.69 Å². The van der Waals surface area contributed by atoms with Crippen LogP contribution in [-0.2, 0) is 10.3 Å². The highest BCUT2D eigenvalue weighted by atomic mass is 16.4. The Morgan fingerprint density at radius 1 is 1.71 bits per heavy atom. The van der Waals surface area contributed by atoms with Gasteiger partial charge in [-0.2, -0.15) is 0 Å². The van der Waals surface area contributed by atoms with Crippen LogP contribution in [0.3, 0.4) is 0 Å². The first-order valence-electron chi connectivity index (χ1n) is 4.36. The third-order valence-electron chi connectivity index (χ3n) is 2.07. The van der Waals surface area contributed by atoms with E-state index in [2.05, 4.69) is 4.98 Å². The van der Waals surface area contributed by atoms with Gasteiger partial charge >= 0.3 is 5.97 Å². The highest BCUT2D eigenvalue weighted by molar-refractivity contribution is 5.68. The number of carboxylic acid groups (broad SMARTS) is 1. The number of carboxylic acids is 1. The van der Waals surface area contributed by atoms with Gasteiger partial charge in [0.05, 0.1) is 17.7 Å². The number of hydrogen-bond donors (Lipinski definition) is 2. The van der Waals surface area contributed by atoms with Crippen LogP contribution in [0.15, 0.2) is 18.3 Å². The molecule has 1 aromatic heterocycles. The monoisotopic (exact) mass is 194 g/mol. The van der Waals surface area contributed by atoms with Crippen molar-refractivity contribution in [2.24, 2.45) is 5.73 Å². The minimum absolute atomic E-state index is 0.120. The topological polar surface area (TPSA) is 76.2 Å². The predicted molar refractivity (Wildman–Crippen MR) is 52.8 cm³/mol. The van der Waals surface area contributed by atoms with Gasteiger partial charge in [0.2, 0.25) is 0 Å². The first kappa shape index (κ1) is 10.7. The van der Waals surface area contributed by atoms with Crippen LogP contribution in [0.1, 0.15) is 24.6 Å². The van der Waals surface area contributed by atoms with Gasteiger partial charge in [0.25, 0.3) is 0 Å². The zero-order valence-electron chi connectivity index (χ0n) is 8.32. The average molecular weight is 194 g/mol. The van der Waals surface area contributed by atoms with Crippen molar-refractivity contribution in [1.29, 1.82) is 0 Å². The highest BCUT2D eigenvalue weighted by Gasteiger charge is 2.27. The van der Waals surface area contributed by atoms with Crippen molar-refractivity contribution in [1.82, 2.24) is 4.98 Å². The molecule has 76 valence electrons. The minimum atomic E-state index is -0.917. The maximum absolute atomic E-state index is 10.6. The van der Waals surface area contributed by atoms with Gasteiger partial charge in [-0.3, -0.25) is 9.78 Å². The van der Waals surface area contributed by atoms with E-state index in [-0.39, 0.29) is 6.42 Å². The second-order valence-electron chi connectivity index (χ2n) is 3.66. The summed E-state index contributed by atoms with van der Waals surface area (Å²) in [4.78, 5) is 14.7. The molecular formula is C10H14N2O2. The molecule has 1 atom stereocenters. The molecule has 3 N–H and O–H groups in total. The fourth-order valence-corrected chi connectivity index (χ4v) is 1.48. The maximum Gasteiger partial charge on any atom is 0.305 e. The number of nitrogens with zero attached hydrogens (tertiary/aromatic N) is 1. The van der Waals surface area contributed by atoms with Crippen molar-refractivity contribution in [2.75, 3.05) is 0 Å². The summed E-state index contributed by atoms with van der Waals surface area (Å²) in [5.74, 6) is -0.917. The van der Waals surface area contributed by atoms with Crippen molar-refractivity contribution in [2.45, 2.75) is 25.8 Å². The van der Waals surface area contributed by atoms with Gasteiger partial charge in [0.15, 0.2) is 0 Å². The quantitative estimate of drug-likeness (QED) is 0.753. The summed E-state index contributed by atoms with van der Waals surface area (Å²) in [5, 5.41) is 8.69. The minimum Gasteiger partial charge on any atom is -0.481 e. The molecule has 0 spiro atoms. The van der Waals surface area contributed by atoms with Crippen LogP contribution in [0.25, 0.3) is 0 Å². The summed E-state index contributed by atoms with van der Waals surface area (Å²) in [6.45, 7) is 3.55. The van der Waals surface area contributed by atoms with Crippen LogP contribution in [0.5, 0.6) is 0 Å². The lowest BCUT2D eigenvalue weighted by Gasteiger charge is -2.23. The molecule has 0 saturated heterocycles. The Hall–Kier alpha value is -1.42. The summed E-state index contributed by atoms with van der Waals surface area (Å²) >= 11 is 0. The summed E-state index contributed by atoms with van der Waals surface area (Å²) in [6.07, 6.45) is 1.50. The SMILES string of the molecule is Cc1cccnc1[C@](C)(N)CC(=O)O. The van der Waals surface area contributed by atoms with Crippen molar-refractivity contribution < 1.29 is 9.90 Å². The lowest BCUT2D eigenvalue weighted by Crippen LogP contribution is -2.37. The van der Waals surface area contributed by atoms with Gasteiger partial charge in [0, 0.05) is 6.20 Å².